The van der Waals surface area contributed by atoms with Crippen molar-refractivity contribution in [1.29, 1.82) is 0 Å². The summed E-state index contributed by atoms with van der Waals surface area (Å²) < 4.78 is 5.38. The zero-order valence-corrected chi connectivity index (χ0v) is 8.07. The van der Waals surface area contributed by atoms with Crippen LogP contribution in [-0.2, 0) is 4.74 Å². The van der Waals surface area contributed by atoms with Crippen molar-refractivity contribution in [2.45, 2.75) is 18.9 Å². The Labute approximate surface area is 83.5 Å². The zero-order chi connectivity index (χ0) is 9.80. The standard InChI is InChI=1S/C10H15N3O/c11-10-6-8(3-4-12-10)13-9-2-1-5-14-7-9/h3-4,6,9H,1-2,5,7H2,(H3,11,12,13). The van der Waals surface area contributed by atoms with Crippen LogP contribution in [0.15, 0.2) is 18.3 Å². The van der Waals surface area contributed by atoms with Gasteiger partial charge in [0.1, 0.15) is 5.82 Å². The summed E-state index contributed by atoms with van der Waals surface area (Å²) >= 11 is 0. The molecule has 1 aliphatic rings. The van der Waals surface area contributed by atoms with Crippen LogP contribution in [0.25, 0.3) is 0 Å². The SMILES string of the molecule is Nc1cc(NC2CCCOC2)ccn1. The number of hydrogen-bond acceptors (Lipinski definition) is 4. The van der Waals surface area contributed by atoms with Gasteiger partial charge in [0.05, 0.1) is 6.61 Å². The highest BCUT2D eigenvalue weighted by Crippen LogP contribution is 2.15. The van der Waals surface area contributed by atoms with E-state index in [9.17, 15) is 0 Å². The number of nitrogen functional groups attached to an aromatic ring is 1. The summed E-state index contributed by atoms with van der Waals surface area (Å²) in [6.45, 7) is 1.67. The van der Waals surface area contributed by atoms with E-state index in [0.29, 0.717) is 11.9 Å². The number of nitrogens with two attached hydrogens (primary N) is 1. The average molecular weight is 193 g/mol. The second-order valence-corrected chi connectivity index (χ2v) is 3.53. The molecule has 1 aliphatic heterocycles. The number of pyridine rings is 1. The number of rotatable bonds is 2. The van der Waals surface area contributed by atoms with Crippen LogP contribution >= 0.6 is 0 Å². The lowest BCUT2D eigenvalue weighted by molar-refractivity contribution is 0.0876. The molecule has 76 valence electrons. The molecule has 14 heavy (non-hydrogen) atoms. The fourth-order valence-electron chi connectivity index (χ4n) is 1.63. The monoisotopic (exact) mass is 193 g/mol. The number of ether oxygens (including phenoxy) is 1. The molecular formula is C10H15N3O. The van der Waals surface area contributed by atoms with Crippen molar-refractivity contribution < 1.29 is 4.74 Å². The Kier molecular flexibility index (Phi) is 2.84. The lowest BCUT2D eigenvalue weighted by atomic mass is 10.1. The van der Waals surface area contributed by atoms with E-state index < -0.39 is 0 Å². The van der Waals surface area contributed by atoms with Gasteiger partial charge in [-0.05, 0) is 18.9 Å². The minimum Gasteiger partial charge on any atom is -0.384 e. The molecule has 0 saturated carbocycles. The number of hydrogen-bond donors (Lipinski definition) is 2. The molecule has 4 nitrogen and oxygen atoms in total. The molecule has 0 radical (unpaired) electrons. The Bertz CT molecular complexity index is 297. The summed E-state index contributed by atoms with van der Waals surface area (Å²) in [5, 5.41) is 3.38. The number of aromatic nitrogens is 1. The smallest absolute Gasteiger partial charge is 0.125 e. The zero-order valence-electron chi connectivity index (χ0n) is 8.07. The normalized spacial score (nSPS) is 21.9. The largest absolute Gasteiger partial charge is 0.384 e. The Morgan fingerprint density at radius 3 is 3.21 bits per heavy atom. The van der Waals surface area contributed by atoms with Crippen molar-refractivity contribution in [3.8, 4) is 0 Å². The van der Waals surface area contributed by atoms with E-state index in [1.54, 1.807) is 6.20 Å². The van der Waals surface area contributed by atoms with Crippen LogP contribution in [0.5, 0.6) is 0 Å². The van der Waals surface area contributed by atoms with Crippen LogP contribution in [0.1, 0.15) is 12.8 Å². The molecule has 0 amide bonds. The summed E-state index contributed by atoms with van der Waals surface area (Å²) in [6, 6.07) is 4.17. The highest BCUT2D eigenvalue weighted by molar-refractivity contribution is 5.50. The Morgan fingerprint density at radius 1 is 1.57 bits per heavy atom. The highest BCUT2D eigenvalue weighted by Gasteiger charge is 2.13. The maximum Gasteiger partial charge on any atom is 0.125 e. The molecular weight excluding hydrogens is 178 g/mol. The van der Waals surface area contributed by atoms with Crippen molar-refractivity contribution in [2.75, 3.05) is 24.3 Å². The van der Waals surface area contributed by atoms with E-state index in [1.165, 1.54) is 0 Å². The van der Waals surface area contributed by atoms with Gasteiger partial charge in [-0.25, -0.2) is 4.98 Å². The van der Waals surface area contributed by atoms with Gasteiger partial charge in [-0.1, -0.05) is 0 Å². The van der Waals surface area contributed by atoms with Crippen LogP contribution in [0.4, 0.5) is 11.5 Å². The van der Waals surface area contributed by atoms with E-state index in [0.717, 1.165) is 31.7 Å². The average Bonchev–Trinajstić information content (AvgIpc) is 2.19. The molecule has 4 heteroatoms. The molecule has 0 bridgehead atoms. The van der Waals surface area contributed by atoms with Gasteiger partial charge >= 0.3 is 0 Å². The van der Waals surface area contributed by atoms with Crippen molar-refractivity contribution in [3.63, 3.8) is 0 Å². The molecule has 2 rings (SSSR count). The summed E-state index contributed by atoms with van der Waals surface area (Å²) in [5.41, 5.74) is 6.60. The van der Waals surface area contributed by atoms with Crippen molar-refractivity contribution in [3.05, 3.63) is 18.3 Å². The maximum absolute atomic E-state index is 5.58. The molecule has 1 unspecified atom stereocenters. The highest BCUT2D eigenvalue weighted by atomic mass is 16.5. The second-order valence-electron chi connectivity index (χ2n) is 3.53. The fourth-order valence-corrected chi connectivity index (χ4v) is 1.63. The lowest BCUT2D eigenvalue weighted by Gasteiger charge is -2.24. The van der Waals surface area contributed by atoms with E-state index in [1.807, 2.05) is 12.1 Å². The van der Waals surface area contributed by atoms with Gasteiger partial charge in [-0.3, -0.25) is 0 Å². The summed E-state index contributed by atoms with van der Waals surface area (Å²) in [6.07, 6.45) is 3.99. The van der Waals surface area contributed by atoms with Crippen molar-refractivity contribution in [2.24, 2.45) is 0 Å². The molecule has 1 atom stereocenters. The van der Waals surface area contributed by atoms with Gasteiger partial charge in [0.15, 0.2) is 0 Å². The van der Waals surface area contributed by atoms with Crippen LogP contribution < -0.4 is 11.1 Å². The Hall–Kier alpha value is -1.29. The topological polar surface area (TPSA) is 60.2 Å². The Morgan fingerprint density at radius 2 is 2.50 bits per heavy atom. The number of anilines is 2. The van der Waals surface area contributed by atoms with E-state index in [4.69, 9.17) is 10.5 Å². The molecule has 2 heterocycles. The van der Waals surface area contributed by atoms with Crippen LogP contribution in [0.2, 0.25) is 0 Å². The van der Waals surface area contributed by atoms with E-state index >= 15 is 0 Å². The van der Waals surface area contributed by atoms with Gasteiger partial charge < -0.3 is 15.8 Å². The van der Waals surface area contributed by atoms with Gasteiger partial charge in [-0.2, -0.15) is 0 Å². The first kappa shape index (κ1) is 9.27. The lowest BCUT2D eigenvalue weighted by Crippen LogP contribution is -2.29. The summed E-state index contributed by atoms with van der Waals surface area (Å²) in [7, 11) is 0. The van der Waals surface area contributed by atoms with Crippen LogP contribution in [0.3, 0.4) is 0 Å². The fraction of sp³-hybridized carbons (Fsp3) is 0.500. The first-order valence-corrected chi connectivity index (χ1v) is 4.90. The minimum atomic E-state index is 0.408. The third-order valence-corrected chi connectivity index (χ3v) is 2.31. The minimum absolute atomic E-state index is 0.408. The third kappa shape index (κ3) is 2.35. The van der Waals surface area contributed by atoms with Crippen molar-refractivity contribution in [1.82, 2.24) is 4.98 Å². The van der Waals surface area contributed by atoms with Crippen molar-refractivity contribution >= 4 is 11.5 Å². The second kappa shape index (κ2) is 4.28. The van der Waals surface area contributed by atoms with Gasteiger partial charge in [0.25, 0.3) is 0 Å². The molecule has 0 aromatic carbocycles. The molecule has 1 fully saturated rings. The molecule has 1 aromatic heterocycles. The predicted octanol–water partition coefficient (Wildman–Crippen LogP) is 1.25. The quantitative estimate of drug-likeness (QED) is 0.742. The Balaban J connectivity index is 1.95. The predicted molar refractivity (Wildman–Crippen MR) is 56.1 cm³/mol. The van der Waals surface area contributed by atoms with Crippen LogP contribution in [-0.4, -0.2) is 24.2 Å². The van der Waals surface area contributed by atoms with Gasteiger partial charge in [0, 0.05) is 30.6 Å². The van der Waals surface area contributed by atoms with E-state index in [-0.39, 0.29) is 0 Å². The first-order chi connectivity index (χ1) is 6.84. The van der Waals surface area contributed by atoms with Gasteiger partial charge in [-0.15, -0.1) is 0 Å². The molecule has 1 aromatic rings. The third-order valence-electron chi connectivity index (χ3n) is 2.31. The first-order valence-electron chi connectivity index (χ1n) is 4.90. The van der Waals surface area contributed by atoms with E-state index in [2.05, 4.69) is 10.3 Å². The molecule has 3 N–H and O–H groups in total. The summed E-state index contributed by atoms with van der Waals surface area (Å²) in [5.74, 6) is 0.548. The summed E-state index contributed by atoms with van der Waals surface area (Å²) in [4.78, 5) is 3.94. The molecule has 1 saturated heterocycles. The van der Waals surface area contributed by atoms with Gasteiger partial charge in [0.2, 0.25) is 0 Å². The van der Waals surface area contributed by atoms with Crippen LogP contribution in [0, 0.1) is 0 Å². The maximum atomic E-state index is 5.58. The number of nitrogens with one attached hydrogen (secondary N) is 1. The molecule has 0 spiro atoms. The molecule has 0 aliphatic carbocycles. The number of nitrogens with zero attached hydrogens (tertiary/aromatic N) is 1.